The van der Waals surface area contributed by atoms with E-state index in [1.54, 1.807) is 27.8 Å². The predicted molar refractivity (Wildman–Crippen MR) is 64.3 cm³/mol. The van der Waals surface area contributed by atoms with Gasteiger partial charge in [-0.3, -0.25) is 0 Å². The first kappa shape index (κ1) is 14.8. The number of rotatable bonds is 3. The van der Waals surface area contributed by atoms with Gasteiger partial charge in [0.25, 0.3) is 0 Å². The molecule has 1 atom stereocenters. The van der Waals surface area contributed by atoms with Crippen LogP contribution in [-0.4, -0.2) is 60.7 Å². The minimum absolute atomic E-state index is 0.0263. The van der Waals surface area contributed by atoms with Gasteiger partial charge in [0.15, 0.2) is 0 Å². The molecule has 4 nitrogen and oxygen atoms in total. The first-order valence-electron chi connectivity index (χ1n) is 4.48. The van der Waals surface area contributed by atoms with Crippen LogP contribution in [0.4, 0.5) is 4.79 Å². The van der Waals surface area contributed by atoms with E-state index in [-0.39, 0.29) is 4.60 Å². The van der Waals surface area contributed by atoms with Gasteiger partial charge in [0.2, 0.25) is 0 Å². The van der Waals surface area contributed by atoms with Crippen molar-refractivity contribution in [3.05, 3.63) is 0 Å². The van der Waals surface area contributed by atoms with Crippen molar-refractivity contribution in [2.75, 3.05) is 12.8 Å². The number of aliphatic hydroxyl groups excluding tert-OH is 1. The molecule has 88 valence electrons. The summed E-state index contributed by atoms with van der Waals surface area (Å²) in [7, 11) is 1.56. The van der Waals surface area contributed by atoms with Gasteiger partial charge in [-0.25, -0.2) is 0 Å². The summed E-state index contributed by atoms with van der Waals surface area (Å²) in [5, 5.41) is 9.29. The third-order valence-corrected chi connectivity index (χ3v) is 2.52. The second kappa shape index (κ2) is 5.77. The second-order valence-electron chi connectivity index (χ2n) is 4.13. The average molecular weight is 298 g/mol. The van der Waals surface area contributed by atoms with Crippen LogP contribution in [0, 0.1) is 0 Å². The van der Waals surface area contributed by atoms with Crippen molar-refractivity contribution < 1.29 is 14.6 Å². The Hall–Kier alpha value is -0.191. The van der Waals surface area contributed by atoms with Crippen LogP contribution in [0.25, 0.3) is 0 Å². The molecule has 15 heavy (non-hydrogen) atoms. The number of hydrogen-bond donors (Lipinski definition) is 2. The molecule has 0 rings (SSSR count). The normalized spacial score (nSPS) is 13.1. The van der Waals surface area contributed by atoms with Crippen molar-refractivity contribution in [3.63, 3.8) is 0 Å². The molecular formula is C9H17NO3SSe. The fraction of sp³-hybridized carbons (Fsp3) is 0.778. The van der Waals surface area contributed by atoms with Gasteiger partial charge in [0.1, 0.15) is 0 Å². The third-order valence-electron chi connectivity index (χ3n) is 1.61. The summed E-state index contributed by atoms with van der Waals surface area (Å²) in [4.78, 5) is 12.9. The zero-order valence-corrected chi connectivity index (χ0v) is 12.0. The van der Waals surface area contributed by atoms with Crippen LogP contribution < -0.4 is 0 Å². The number of likely N-dealkylation sites (N-methyl/N-ethyl adjacent to an activating group) is 1. The summed E-state index contributed by atoms with van der Waals surface area (Å²) in [5.41, 5.74) is -0.542. The van der Waals surface area contributed by atoms with Crippen LogP contribution in [0.2, 0.25) is 0 Å². The van der Waals surface area contributed by atoms with E-state index >= 15 is 0 Å². The Morgan fingerprint density at radius 3 is 2.33 bits per heavy atom. The molecule has 0 aromatic heterocycles. The van der Waals surface area contributed by atoms with Crippen molar-refractivity contribution >= 4 is 38.9 Å². The Labute approximate surface area is 104 Å². The zero-order valence-electron chi connectivity index (χ0n) is 9.35. The Balaban J connectivity index is 4.49. The summed E-state index contributed by atoms with van der Waals surface area (Å²) in [6.45, 7) is 5.36. The van der Waals surface area contributed by atoms with Crippen molar-refractivity contribution in [2.45, 2.75) is 32.4 Å². The van der Waals surface area contributed by atoms with Crippen molar-refractivity contribution in [3.8, 4) is 0 Å². The summed E-state index contributed by atoms with van der Waals surface area (Å²) in [6, 6.07) is -0.469. The molecule has 0 heterocycles. The number of ether oxygens (including phenoxy) is 1. The summed E-state index contributed by atoms with van der Waals surface area (Å²) in [5.74, 6) is 0.328. The van der Waals surface area contributed by atoms with E-state index in [9.17, 15) is 9.90 Å². The van der Waals surface area contributed by atoms with Gasteiger partial charge in [-0.05, 0) is 0 Å². The van der Waals surface area contributed by atoms with Crippen LogP contribution in [0.1, 0.15) is 20.8 Å². The molecule has 0 fully saturated rings. The Kier molecular flexibility index (Phi) is 5.70. The molecule has 0 saturated carbocycles. The second-order valence-corrected chi connectivity index (χ2v) is 5.37. The number of nitrogens with zero attached hydrogens (tertiary/aromatic N) is 1. The van der Waals surface area contributed by atoms with Gasteiger partial charge in [0, 0.05) is 0 Å². The van der Waals surface area contributed by atoms with E-state index in [0.717, 1.165) is 0 Å². The van der Waals surface area contributed by atoms with Crippen LogP contribution >= 0.6 is 12.6 Å². The molecule has 0 aromatic rings. The molecule has 1 N–H and O–H groups in total. The molecule has 0 aliphatic rings. The van der Waals surface area contributed by atoms with Gasteiger partial charge >= 0.3 is 104 Å². The standard InChI is InChI=1S/C9H17NO3SSe/c1-9(2,3)13-8(12)10(4)6(5-14)7(11)15/h6,14H,5H2,1-4H3,(H,11,15)/t6-/m0/s1. The van der Waals surface area contributed by atoms with E-state index in [0.29, 0.717) is 5.75 Å². The Morgan fingerprint density at radius 2 is 2.07 bits per heavy atom. The van der Waals surface area contributed by atoms with E-state index in [1.165, 1.54) is 4.90 Å². The molecule has 0 aliphatic heterocycles. The van der Waals surface area contributed by atoms with Crippen molar-refractivity contribution in [1.29, 1.82) is 0 Å². The maximum atomic E-state index is 11.6. The zero-order chi connectivity index (χ0) is 12.2. The summed E-state index contributed by atoms with van der Waals surface area (Å²) in [6.07, 6.45) is -0.483. The molecule has 0 unspecified atom stereocenters. The first-order valence-corrected chi connectivity index (χ1v) is 5.97. The molecule has 0 spiro atoms. The SMILES string of the molecule is CN(C(=O)OC(C)(C)C)[C@@H](CS)C(O)=[Se]. The van der Waals surface area contributed by atoms with Crippen molar-refractivity contribution in [2.24, 2.45) is 0 Å². The molecule has 0 aromatic carbocycles. The van der Waals surface area contributed by atoms with Crippen LogP contribution in [0.5, 0.6) is 0 Å². The predicted octanol–water partition coefficient (Wildman–Crippen LogP) is 0.823. The van der Waals surface area contributed by atoms with Gasteiger partial charge < -0.3 is 0 Å². The molecule has 0 bridgehead atoms. The van der Waals surface area contributed by atoms with Gasteiger partial charge in [-0.2, -0.15) is 0 Å². The fourth-order valence-corrected chi connectivity index (χ4v) is 2.03. The molecule has 0 aliphatic carbocycles. The number of thiol groups is 1. The first-order chi connectivity index (χ1) is 6.69. The van der Waals surface area contributed by atoms with Crippen LogP contribution in [0.3, 0.4) is 0 Å². The molecule has 1 amide bonds. The summed E-state index contributed by atoms with van der Waals surface area (Å²) < 4.78 is 5.17. The number of hydrogen-bond acceptors (Lipinski definition) is 4. The van der Waals surface area contributed by atoms with E-state index < -0.39 is 17.7 Å². The Morgan fingerprint density at radius 1 is 1.60 bits per heavy atom. The Bertz CT molecular complexity index is 252. The van der Waals surface area contributed by atoms with Gasteiger partial charge in [0.05, 0.1) is 0 Å². The van der Waals surface area contributed by atoms with E-state index in [4.69, 9.17) is 4.74 Å². The number of amides is 1. The molecule has 0 radical (unpaired) electrons. The average Bonchev–Trinajstić information content (AvgIpc) is 2.01. The van der Waals surface area contributed by atoms with E-state index in [2.05, 4.69) is 28.2 Å². The van der Waals surface area contributed by atoms with Crippen LogP contribution in [0.15, 0.2) is 0 Å². The number of carbonyl (C=O) groups is 1. The summed E-state index contributed by atoms with van der Waals surface area (Å²) >= 11 is 6.51. The third kappa shape index (κ3) is 5.44. The fourth-order valence-electron chi connectivity index (χ4n) is 0.827. The maximum absolute atomic E-state index is 11.6. The quantitative estimate of drug-likeness (QED) is 0.599. The molecule has 0 saturated heterocycles. The van der Waals surface area contributed by atoms with Gasteiger partial charge in [-0.15, -0.1) is 0 Å². The number of carbonyl (C=O) groups excluding carboxylic acids is 1. The molecular weight excluding hydrogens is 281 g/mol. The number of aliphatic hydroxyl groups is 1. The van der Waals surface area contributed by atoms with E-state index in [1.807, 2.05) is 0 Å². The van der Waals surface area contributed by atoms with Crippen LogP contribution in [-0.2, 0) is 4.74 Å². The van der Waals surface area contributed by atoms with Gasteiger partial charge in [-0.1, -0.05) is 0 Å². The minimum atomic E-state index is -0.542. The molecule has 6 heteroatoms. The van der Waals surface area contributed by atoms with Crippen molar-refractivity contribution in [1.82, 2.24) is 4.90 Å². The topological polar surface area (TPSA) is 49.8 Å². The monoisotopic (exact) mass is 299 g/mol.